The Balaban J connectivity index is 1.21. The van der Waals surface area contributed by atoms with Crippen molar-refractivity contribution in [1.82, 2.24) is 15.1 Å². The van der Waals surface area contributed by atoms with Crippen LogP contribution in [0.5, 0.6) is 0 Å². The largest absolute Gasteiger partial charge is 0.353 e. The van der Waals surface area contributed by atoms with Crippen molar-refractivity contribution in [3.8, 4) is 0 Å². The van der Waals surface area contributed by atoms with Crippen molar-refractivity contribution >= 4 is 5.91 Å². The van der Waals surface area contributed by atoms with E-state index in [0.29, 0.717) is 5.92 Å². The SMILES string of the molecule is O=C(NC1CCC(n2nc(C3CC3)ccc2=O)CC1)C1(c2ccc(F)cc2)CC1. The highest BCUT2D eigenvalue weighted by Gasteiger charge is 2.51. The van der Waals surface area contributed by atoms with Gasteiger partial charge in [-0.05, 0) is 75.1 Å². The van der Waals surface area contributed by atoms with Crippen LogP contribution in [0.4, 0.5) is 4.39 Å². The summed E-state index contributed by atoms with van der Waals surface area (Å²) in [4.78, 5) is 25.2. The molecule has 5 nitrogen and oxygen atoms in total. The maximum Gasteiger partial charge on any atom is 0.267 e. The number of hydrogen-bond acceptors (Lipinski definition) is 3. The summed E-state index contributed by atoms with van der Waals surface area (Å²) in [6.07, 6.45) is 7.33. The summed E-state index contributed by atoms with van der Waals surface area (Å²) < 4.78 is 14.9. The Hall–Kier alpha value is -2.50. The Morgan fingerprint density at radius 2 is 1.69 bits per heavy atom. The number of benzene rings is 1. The van der Waals surface area contributed by atoms with Crippen molar-refractivity contribution < 1.29 is 9.18 Å². The summed E-state index contributed by atoms with van der Waals surface area (Å²) in [5.41, 5.74) is 1.42. The van der Waals surface area contributed by atoms with E-state index in [2.05, 4.69) is 10.4 Å². The van der Waals surface area contributed by atoms with E-state index in [9.17, 15) is 14.0 Å². The maximum atomic E-state index is 13.2. The van der Waals surface area contributed by atoms with Crippen molar-refractivity contribution in [3.05, 3.63) is 63.8 Å². The van der Waals surface area contributed by atoms with Gasteiger partial charge in [0.15, 0.2) is 0 Å². The lowest BCUT2D eigenvalue weighted by Crippen LogP contribution is -2.44. The summed E-state index contributed by atoms with van der Waals surface area (Å²) in [7, 11) is 0. The molecule has 0 radical (unpaired) electrons. The Labute approximate surface area is 169 Å². The first-order chi connectivity index (χ1) is 14.0. The van der Waals surface area contributed by atoms with Crippen LogP contribution < -0.4 is 10.9 Å². The minimum Gasteiger partial charge on any atom is -0.353 e. The third-order valence-corrected chi connectivity index (χ3v) is 6.80. The Morgan fingerprint density at radius 3 is 2.31 bits per heavy atom. The molecule has 0 atom stereocenters. The summed E-state index contributed by atoms with van der Waals surface area (Å²) >= 11 is 0. The first-order valence-corrected chi connectivity index (χ1v) is 10.7. The molecule has 0 unspecified atom stereocenters. The van der Waals surface area contributed by atoms with E-state index >= 15 is 0 Å². The van der Waals surface area contributed by atoms with Crippen LogP contribution in [-0.4, -0.2) is 21.7 Å². The van der Waals surface area contributed by atoms with Gasteiger partial charge in [-0.2, -0.15) is 5.10 Å². The highest BCUT2D eigenvalue weighted by atomic mass is 19.1. The second-order valence-electron chi connectivity index (χ2n) is 8.88. The second kappa shape index (κ2) is 7.08. The van der Waals surface area contributed by atoms with Crippen LogP contribution in [0.1, 0.15) is 74.6 Å². The third-order valence-electron chi connectivity index (χ3n) is 6.80. The molecule has 3 aliphatic carbocycles. The average Bonchev–Trinajstić information content (AvgIpc) is 3.63. The van der Waals surface area contributed by atoms with E-state index in [1.165, 1.54) is 25.0 Å². The van der Waals surface area contributed by atoms with Crippen molar-refractivity contribution in [2.24, 2.45) is 0 Å². The zero-order valence-corrected chi connectivity index (χ0v) is 16.4. The van der Waals surface area contributed by atoms with Crippen molar-refractivity contribution in [2.45, 2.75) is 74.8 Å². The molecule has 1 N–H and O–H groups in total. The van der Waals surface area contributed by atoms with Gasteiger partial charge in [0.05, 0.1) is 17.2 Å². The lowest BCUT2D eigenvalue weighted by atomic mass is 9.89. The normalized spacial score (nSPS) is 25.4. The zero-order chi connectivity index (χ0) is 20.0. The molecular weight excluding hydrogens is 369 g/mol. The molecule has 152 valence electrons. The first kappa shape index (κ1) is 18.5. The average molecular weight is 395 g/mol. The van der Waals surface area contributed by atoms with Crippen LogP contribution in [0.2, 0.25) is 0 Å². The minimum atomic E-state index is -0.484. The quantitative estimate of drug-likeness (QED) is 0.841. The van der Waals surface area contributed by atoms with Crippen LogP contribution in [0.25, 0.3) is 0 Å². The number of hydrogen-bond donors (Lipinski definition) is 1. The van der Waals surface area contributed by atoms with Crippen LogP contribution in [0, 0.1) is 5.82 Å². The van der Waals surface area contributed by atoms with Gasteiger partial charge in [-0.15, -0.1) is 0 Å². The van der Waals surface area contributed by atoms with E-state index in [0.717, 1.165) is 49.8 Å². The molecule has 1 amide bonds. The summed E-state index contributed by atoms with van der Waals surface area (Å²) in [6, 6.07) is 10.1. The zero-order valence-electron chi connectivity index (χ0n) is 16.4. The van der Waals surface area contributed by atoms with Gasteiger partial charge in [-0.1, -0.05) is 12.1 Å². The molecule has 5 rings (SSSR count). The molecule has 2 aromatic rings. The molecule has 1 aromatic heterocycles. The van der Waals surface area contributed by atoms with Crippen LogP contribution in [0.3, 0.4) is 0 Å². The summed E-state index contributed by atoms with van der Waals surface area (Å²) in [5.74, 6) is 0.301. The maximum absolute atomic E-state index is 13.2. The molecule has 0 spiro atoms. The van der Waals surface area contributed by atoms with E-state index in [1.807, 2.05) is 6.07 Å². The molecule has 29 heavy (non-hydrogen) atoms. The van der Waals surface area contributed by atoms with Gasteiger partial charge in [0, 0.05) is 18.0 Å². The fourth-order valence-corrected chi connectivity index (χ4v) is 4.63. The van der Waals surface area contributed by atoms with Gasteiger partial charge in [-0.3, -0.25) is 9.59 Å². The number of aromatic nitrogens is 2. The molecule has 0 saturated heterocycles. The van der Waals surface area contributed by atoms with Gasteiger partial charge in [0.2, 0.25) is 5.91 Å². The third kappa shape index (κ3) is 3.61. The molecule has 1 aromatic carbocycles. The Bertz CT molecular complexity index is 968. The lowest BCUT2D eigenvalue weighted by molar-refractivity contribution is -0.124. The molecule has 3 aliphatic rings. The monoisotopic (exact) mass is 395 g/mol. The first-order valence-electron chi connectivity index (χ1n) is 10.7. The number of amides is 1. The van der Waals surface area contributed by atoms with Crippen molar-refractivity contribution in [3.63, 3.8) is 0 Å². The van der Waals surface area contributed by atoms with E-state index in [4.69, 9.17) is 0 Å². The van der Waals surface area contributed by atoms with Crippen molar-refractivity contribution in [1.29, 1.82) is 0 Å². The fourth-order valence-electron chi connectivity index (χ4n) is 4.63. The van der Waals surface area contributed by atoms with Gasteiger partial charge >= 0.3 is 0 Å². The fraction of sp³-hybridized carbons (Fsp3) is 0.522. The molecule has 1 heterocycles. The molecular formula is C23H26FN3O2. The summed E-state index contributed by atoms with van der Waals surface area (Å²) in [6.45, 7) is 0. The predicted molar refractivity (Wildman–Crippen MR) is 107 cm³/mol. The highest BCUT2D eigenvalue weighted by Crippen LogP contribution is 2.48. The molecule has 6 heteroatoms. The molecule has 3 fully saturated rings. The number of halogens is 1. The Kier molecular flexibility index (Phi) is 4.52. The van der Waals surface area contributed by atoms with E-state index in [-0.39, 0.29) is 29.4 Å². The van der Waals surface area contributed by atoms with Gasteiger partial charge in [-0.25, -0.2) is 9.07 Å². The molecule has 0 bridgehead atoms. The number of nitrogens with zero attached hydrogens (tertiary/aromatic N) is 2. The van der Waals surface area contributed by atoms with Crippen LogP contribution in [-0.2, 0) is 10.2 Å². The topological polar surface area (TPSA) is 64.0 Å². The number of carbonyl (C=O) groups excluding carboxylic acids is 1. The standard InChI is InChI=1S/C23H26FN3O2/c24-17-5-3-16(4-6-17)23(13-14-23)22(29)25-18-7-9-19(10-8-18)27-21(28)12-11-20(26-27)15-1-2-15/h3-6,11-12,15,18-19H,1-2,7-10,13-14H2,(H,25,29). The summed E-state index contributed by atoms with van der Waals surface area (Å²) in [5, 5.41) is 7.85. The van der Waals surface area contributed by atoms with Crippen molar-refractivity contribution in [2.75, 3.05) is 0 Å². The number of carbonyl (C=O) groups is 1. The van der Waals surface area contributed by atoms with Crippen LogP contribution >= 0.6 is 0 Å². The van der Waals surface area contributed by atoms with Crippen LogP contribution in [0.15, 0.2) is 41.2 Å². The van der Waals surface area contributed by atoms with E-state index < -0.39 is 5.41 Å². The van der Waals surface area contributed by atoms with Gasteiger partial charge in [0.1, 0.15) is 5.82 Å². The second-order valence-corrected chi connectivity index (χ2v) is 8.88. The number of nitrogens with one attached hydrogen (secondary N) is 1. The highest BCUT2D eigenvalue weighted by molar-refractivity contribution is 5.91. The smallest absolute Gasteiger partial charge is 0.267 e. The van der Waals surface area contributed by atoms with Gasteiger partial charge < -0.3 is 5.32 Å². The molecule has 0 aliphatic heterocycles. The van der Waals surface area contributed by atoms with Gasteiger partial charge in [0.25, 0.3) is 5.56 Å². The Morgan fingerprint density at radius 1 is 1.00 bits per heavy atom. The minimum absolute atomic E-state index is 0.0323. The van der Waals surface area contributed by atoms with E-state index in [1.54, 1.807) is 22.9 Å². The number of rotatable bonds is 5. The lowest BCUT2D eigenvalue weighted by Gasteiger charge is -2.31. The predicted octanol–water partition coefficient (Wildman–Crippen LogP) is 3.59. The molecule has 3 saturated carbocycles.